The summed E-state index contributed by atoms with van der Waals surface area (Å²) in [6, 6.07) is 0.538. The first-order valence-corrected chi connectivity index (χ1v) is 8.70. The van der Waals surface area contributed by atoms with E-state index in [1.165, 1.54) is 43.9 Å². The van der Waals surface area contributed by atoms with E-state index < -0.39 is 5.97 Å². The van der Waals surface area contributed by atoms with Gasteiger partial charge in [0.25, 0.3) is 0 Å². The van der Waals surface area contributed by atoms with Crippen LogP contribution >= 0.6 is 11.8 Å². The highest BCUT2D eigenvalue weighted by atomic mass is 32.2. The maximum Gasteiger partial charge on any atom is 0.313 e. The van der Waals surface area contributed by atoms with E-state index in [-0.39, 0.29) is 5.75 Å². The van der Waals surface area contributed by atoms with Gasteiger partial charge in [0.1, 0.15) is 0 Å². The lowest BCUT2D eigenvalue weighted by Gasteiger charge is -2.36. The third-order valence-electron chi connectivity index (χ3n) is 3.84. The average molecular weight is 312 g/mol. The Balaban J connectivity index is 2.19. The van der Waals surface area contributed by atoms with Crippen molar-refractivity contribution in [1.29, 1.82) is 0 Å². The highest BCUT2D eigenvalue weighted by Gasteiger charge is 2.26. The summed E-state index contributed by atoms with van der Waals surface area (Å²) < 4.78 is 2.04. The highest BCUT2D eigenvalue weighted by Crippen LogP contribution is 2.28. The number of hydrogen-bond acceptors (Lipinski definition) is 5. The number of carbonyl (C=O) groups is 1. The Morgan fingerprint density at radius 1 is 1.38 bits per heavy atom. The number of hydrogen-bond donors (Lipinski definition) is 1. The van der Waals surface area contributed by atoms with Crippen LogP contribution in [0.2, 0.25) is 0 Å². The van der Waals surface area contributed by atoms with Gasteiger partial charge in [-0.3, -0.25) is 9.36 Å². The molecular formula is C14H24N4O2S. The molecule has 1 aliphatic heterocycles. The number of thioether (sulfide) groups is 1. The number of rotatable bonds is 7. The summed E-state index contributed by atoms with van der Waals surface area (Å²) in [5.41, 5.74) is 0. The van der Waals surface area contributed by atoms with E-state index in [0.29, 0.717) is 11.2 Å². The van der Waals surface area contributed by atoms with Crippen molar-refractivity contribution in [3.63, 3.8) is 0 Å². The Hall–Kier alpha value is -1.24. The lowest BCUT2D eigenvalue weighted by molar-refractivity contribution is -0.133. The minimum absolute atomic E-state index is 0.0243. The van der Waals surface area contributed by atoms with E-state index in [0.717, 1.165) is 19.0 Å². The zero-order chi connectivity index (χ0) is 15.2. The molecule has 2 rings (SSSR count). The third kappa shape index (κ3) is 3.90. The van der Waals surface area contributed by atoms with E-state index in [1.54, 1.807) is 0 Å². The van der Waals surface area contributed by atoms with Crippen LogP contribution in [-0.2, 0) is 11.3 Å². The maximum absolute atomic E-state index is 10.7. The van der Waals surface area contributed by atoms with Crippen LogP contribution in [0.15, 0.2) is 5.16 Å². The number of carboxylic acid groups (broad SMARTS) is 1. The normalized spacial score (nSPS) is 19.0. The van der Waals surface area contributed by atoms with E-state index in [4.69, 9.17) is 5.11 Å². The Labute approximate surface area is 129 Å². The van der Waals surface area contributed by atoms with Gasteiger partial charge in [0.2, 0.25) is 5.95 Å². The van der Waals surface area contributed by atoms with Crippen LogP contribution in [0.5, 0.6) is 0 Å². The van der Waals surface area contributed by atoms with Crippen LogP contribution in [0.1, 0.15) is 46.0 Å². The molecule has 2 heterocycles. The van der Waals surface area contributed by atoms with Gasteiger partial charge < -0.3 is 10.0 Å². The molecule has 0 aromatic carbocycles. The second-order valence-corrected chi connectivity index (χ2v) is 6.28. The fourth-order valence-electron chi connectivity index (χ4n) is 2.90. The van der Waals surface area contributed by atoms with Gasteiger partial charge in [-0.1, -0.05) is 25.1 Å². The van der Waals surface area contributed by atoms with E-state index in [1.807, 2.05) is 4.57 Å². The van der Waals surface area contributed by atoms with Crippen LogP contribution in [-0.4, -0.2) is 44.2 Å². The van der Waals surface area contributed by atoms with Crippen molar-refractivity contribution in [2.45, 2.75) is 63.7 Å². The predicted molar refractivity (Wildman–Crippen MR) is 83.9 cm³/mol. The van der Waals surface area contributed by atoms with Gasteiger partial charge in [0.15, 0.2) is 5.16 Å². The summed E-state index contributed by atoms with van der Waals surface area (Å²) in [7, 11) is 0. The fourth-order valence-corrected chi connectivity index (χ4v) is 3.62. The topological polar surface area (TPSA) is 71.2 Å². The number of aliphatic carboxylic acids is 1. The van der Waals surface area contributed by atoms with Crippen LogP contribution in [0, 0.1) is 0 Å². The molecule has 1 N–H and O–H groups in total. The van der Waals surface area contributed by atoms with Gasteiger partial charge in [-0.25, -0.2) is 0 Å². The monoisotopic (exact) mass is 312 g/mol. The molecule has 1 atom stereocenters. The summed E-state index contributed by atoms with van der Waals surface area (Å²) in [5.74, 6) is 0.105. The largest absolute Gasteiger partial charge is 0.481 e. The zero-order valence-corrected chi connectivity index (χ0v) is 13.6. The third-order valence-corrected chi connectivity index (χ3v) is 4.80. The number of carboxylic acids is 1. The minimum atomic E-state index is -0.825. The summed E-state index contributed by atoms with van der Waals surface area (Å²) in [6.07, 6.45) is 6.02. The zero-order valence-electron chi connectivity index (χ0n) is 12.8. The minimum Gasteiger partial charge on any atom is -0.481 e. The lowest BCUT2D eigenvalue weighted by Crippen LogP contribution is -2.41. The van der Waals surface area contributed by atoms with Gasteiger partial charge in [-0.2, -0.15) is 0 Å². The summed E-state index contributed by atoms with van der Waals surface area (Å²) in [5, 5.41) is 18.1. The van der Waals surface area contributed by atoms with Gasteiger partial charge >= 0.3 is 5.97 Å². The molecule has 1 aromatic rings. The highest BCUT2D eigenvalue weighted by molar-refractivity contribution is 7.99. The summed E-state index contributed by atoms with van der Waals surface area (Å²) >= 11 is 1.24. The van der Waals surface area contributed by atoms with Crippen LogP contribution in [0.3, 0.4) is 0 Å². The van der Waals surface area contributed by atoms with Gasteiger partial charge in [0, 0.05) is 19.1 Å². The van der Waals surface area contributed by atoms with Crippen LogP contribution in [0.4, 0.5) is 5.95 Å². The Morgan fingerprint density at radius 3 is 2.86 bits per heavy atom. The van der Waals surface area contributed by atoms with Gasteiger partial charge in [0.05, 0.1) is 5.75 Å². The lowest BCUT2D eigenvalue weighted by atomic mass is 9.99. The average Bonchev–Trinajstić information content (AvgIpc) is 2.88. The molecule has 0 bridgehead atoms. The second-order valence-electron chi connectivity index (χ2n) is 5.34. The van der Waals surface area contributed by atoms with Crippen molar-refractivity contribution in [2.24, 2.45) is 0 Å². The van der Waals surface area contributed by atoms with Gasteiger partial charge in [-0.05, 0) is 32.6 Å². The summed E-state index contributed by atoms with van der Waals surface area (Å²) in [6.45, 7) is 6.05. The van der Waals surface area contributed by atoms with E-state index in [2.05, 4.69) is 28.9 Å². The molecule has 1 fully saturated rings. The van der Waals surface area contributed by atoms with Crippen molar-refractivity contribution >= 4 is 23.7 Å². The van der Waals surface area contributed by atoms with Gasteiger partial charge in [-0.15, -0.1) is 10.2 Å². The molecule has 1 unspecified atom stereocenters. The number of aromatic nitrogens is 3. The van der Waals surface area contributed by atoms with Crippen molar-refractivity contribution in [3.05, 3.63) is 0 Å². The molecule has 1 aromatic heterocycles. The molecule has 0 radical (unpaired) electrons. The Kier molecular flexibility index (Phi) is 5.90. The summed E-state index contributed by atoms with van der Waals surface area (Å²) in [4.78, 5) is 13.1. The van der Waals surface area contributed by atoms with Crippen molar-refractivity contribution < 1.29 is 9.90 Å². The number of piperidine rings is 1. The second kappa shape index (κ2) is 7.68. The molecule has 0 aliphatic carbocycles. The number of nitrogens with zero attached hydrogens (tertiary/aromatic N) is 4. The van der Waals surface area contributed by atoms with E-state index >= 15 is 0 Å². The SMILES string of the molecule is CCCC1CCCCN1c1nnc(SCC(=O)O)n1CC. The standard InChI is InChI=1S/C14H24N4O2S/c1-3-7-11-8-5-6-9-18(11)13-15-16-14(17(13)4-2)21-10-12(19)20/h11H,3-10H2,1-2H3,(H,19,20). The molecular weight excluding hydrogens is 288 g/mol. The first-order valence-electron chi connectivity index (χ1n) is 7.71. The van der Waals surface area contributed by atoms with Crippen molar-refractivity contribution in [3.8, 4) is 0 Å². The number of anilines is 1. The van der Waals surface area contributed by atoms with Crippen LogP contribution in [0.25, 0.3) is 0 Å². The molecule has 0 saturated carbocycles. The quantitative estimate of drug-likeness (QED) is 0.780. The molecule has 21 heavy (non-hydrogen) atoms. The Bertz CT molecular complexity index is 476. The van der Waals surface area contributed by atoms with E-state index in [9.17, 15) is 4.79 Å². The molecule has 0 amide bonds. The molecule has 1 saturated heterocycles. The smallest absolute Gasteiger partial charge is 0.313 e. The molecule has 0 spiro atoms. The predicted octanol–water partition coefficient (Wildman–Crippen LogP) is 2.63. The molecule has 7 heteroatoms. The maximum atomic E-state index is 10.7. The first-order chi connectivity index (χ1) is 10.2. The fraction of sp³-hybridized carbons (Fsp3) is 0.786. The Morgan fingerprint density at radius 2 is 2.19 bits per heavy atom. The van der Waals surface area contributed by atoms with Crippen molar-refractivity contribution in [1.82, 2.24) is 14.8 Å². The molecule has 1 aliphatic rings. The van der Waals surface area contributed by atoms with Crippen LogP contribution < -0.4 is 4.90 Å². The molecule has 118 valence electrons. The molecule has 6 nitrogen and oxygen atoms in total. The first kappa shape index (κ1) is 16.1. The van der Waals surface area contributed by atoms with Crippen molar-refractivity contribution in [2.75, 3.05) is 17.2 Å².